The van der Waals surface area contributed by atoms with Gasteiger partial charge >= 0.3 is 5.97 Å². The van der Waals surface area contributed by atoms with E-state index in [1.165, 1.54) is 6.92 Å². The first-order valence-electron chi connectivity index (χ1n) is 4.92. The molecule has 0 aliphatic carbocycles. The van der Waals surface area contributed by atoms with E-state index in [9.17, 15) is 9.59 Å². The van der Waals surface area contributed by atoms with Gasteiger partial charge in [0.1, 0.15) is 12.2 Å². The number of hydrogen-bond donors (Lipinski definition) is 1. The van der Waals surface area contributed by atoms with Crippen molar-refractivity contribution in [3.63, 3.8) is 0 Å². The molecule has 0 saturated heterocycles. The van der Waals surface area contributed by atoms with E-state index in [-0.39, 0.29) is 18.8 Å². The quantitative estimate of drug-likeness (QED) is 0.402. The zero-order valence-corrected chi connectivity index (χ0v) is 9.62. The number of carbonyl (C=O) groups is 2. The Morgan fingerprint density at radius 2 is 1.80 bits per heavy atom. The number of aliphatic hydroxyl groups excluding tert-OH is 1. The molecule has 0 aromatic heterocycles. The molecule has 0 spiro atoms. The molecular weight excluding hydrogens is 200 g/mol. The second kappa shape index (κ2) is 13.1. The van der Waals surface area contributed by atoms with Gasteiger partial charge in [-0.25, -0.2) is 0 Å². The summed E-state index contributed by atoms with van der Waals surface area (Å²) in [5.74, 6) is -0.599. The molecule has 5 heteroatoms. The zero-order chi connectivity index (χ0) is 12.1. The van der Waals surface area contributed by atoms with Crippen LogP contribution in [0.5, 0.6) is 0 Å². The van der Waals surface area contributed by atoms with Crippen molar-refractivity contribution in [2.24, 2.45) is 0 Å². The Morgan fingerprint density at radius 3 is 2.07 bits per heavy atom. The average molecular weight is 220 g/mol. The first-order chi connectivity index (χ1) is 7.08. The number of esters is 1. The molecule has 0 amide bonds. The van der Waals surface area contributed by atoms with Crippen molar-refractivity contribution in [2.45, 2.75) is 27.2 Å². The van der Waals surface area contributed by atoms with E-state index in [1.54, 1.807) is 6.92 Å². The topological polar surface area (TPSA) is 72.8 Å². The largest absolute Gasteiger partial charge is 0.466 e. The molecule has 0 heterocycles. The molecule has 0 atom stereocenters. The van der Waals surface area contributed by atoms with Gasteiger partial charge in [0.15, 0.2) is 0 Å². The lowest BCUT2D eigenvalue weighted by atomic mass is 10.3. The van der Waals surface area contributed by atoms with Gasteiger partial charge in [-0.2, -0.15) is 0 Å². The molecule has 0 unspecified atom stereocenters. The van der Waals surface area contributed by atoms with Crippen LogP contribution in [-0.4, -0.2) is 43.3 Å². The molecule has 0 aromatic carbocycles. The van der Waals surface area contributed by atoms with Crippen LogP contribution >= 0.6 is 0 Å². The number of carbonyl (C=O) groups excluding carboxylic acids is 2. The van der Waals surface area contributed by atoms with Crippen molar-refractivity contribution >= 4 is 11.8 Å². The van der Waals surface area contributed by atoms with E-state index in [0.717, 1.165) is 0 Å². The lowest BCUT2D eigenvalue weighted by molar-refractivity contribution is -0.145. The highest BCUT2D eigenvalue weighted by Gasteiger charge is 2.03. The van der Waals surface area contributed by atoms with Crippen LogP contribution in [0.2, 0.25) is 0 Å². The van der Waals surface area contributed by atoms with Crippen molar-refractivity contribution in [1.29, 1.82) is 0 Å². The Morgan fingerprint density at radius 1 is 1.20 bits per heavy atom. The third-order valence-electron chi connectivity index (χ3n) is 1.14. The van der Waals surface area contributed by atoms with Crippen molar-refractivity contribution < 1.29 is 24.2 Å². The van der Waals surface area contributed by atoms with Gasteiger partial charge < -0.3 is 14.6 Å². The van der Waals surface area contributed by atoms with Crippen LogP contribution in [0.1, 0.15) is 27.2 Å². The predicted octanol–water partition coefficient (Wildman–Crippen LogP) is 0.544. The highest BCUT2D eigenvalue weighted by molar-refractivity contribution is 5.94. The fraction of sp³-hybridized carbons (Fsp3) is 0.800. The summed E-state index contributed by atoms with van der Waals surface area (Å²) in [5, 5.41) is 8.07. The van der Waals surface area contributed by atoms with Gasteiger partial charge in [0.2, 0.25) is 0 Å². The standard InChI is InChI=1S/C6H10O3.C4H10O2/c1-3-9-6(8)4-5(2)7;1-2-6-4-3-5/h3-4H2,1-2H3;5H,2-4H2,1H3. The smallest absolute Gasteiger partial charge is 0.313 e. The number of ether oxygens (including phenoxy) is 2. The zero-order valence-electron chi connectivity index (χ0n) is 9.62. The fourth-order valence-electron chi connectivity index (χ4n) is 0.624. The van der Waals surface area contributed by atoms with Gasteiger partial charge in [0.05, 0.1) is 19.8 Å². The maximum absolute atomic E-state index is 10.4. The summed E-state index contributed by atoms with van der Waals surface area (Å²) >= 11 is 0. The van der Waals surface area contributed by atoms with Crippen LogP contribution in [0.4, 0.5) is 0 Å². The van der Waals surface area contributed by atoms with Crippen LogP contribution in [-0.2, 0) is 19.1 Å². The maximum Gasteiger partial charge on any atom is 0.313 e. The molecule has 0 aliphatic heterocycles. The Kier molecular flexibility index (Phi) is 14.4. The maximum atomic E-state index is 10.4. The summed E-state index contributed by atoms with van der Waals surface area (Å²) in [6, 6.07) is 0. The molecule has 5 nitrogen and oxygen atoms in total. The van der Waals surface area contributed by atoms with Crippen LogP contribution in [0.25, 0.3) is 0 Å². The molecule has 0 saturated carbocycles. The molecule has 0 aromatic rings. The molecule has 90 valence electrons. The molecule has 0 aliphatic rings. The second-order valence-electron chi connectivity index (χ2n) is 2.60. The van der Waals surface area contributed by atoms with E-state index in [2.05, 4.69) is 4.74 Å². The molecule has 15 heavy (non-hydrogen) atoms. The highest BCUT2D eigenvalue weighted by atomic mass is 16.5. The van der Waals surface area contributed by atoms with Gasteiger partial charge in [0, 0.05) is 6.61 Å². The number of ketones is 1. The van der Waals surface area contributed by atoms with Crippen LogP contribution in [0.15, 0.2) is 0 Å². The second-order valence-corrected chi connectivity index (χ2v) is 2.60. The number of hydrogen-bond acceptors (Lipinski definition) is 5. The average Bonchev–Trinajstić information content (AvgIpc) is 2.15. The lowest BCUT2D eigenvalue weighted by Gasteiger charge is -1.96. The summed E-state index contributed by atoms with van der Waals surface area (Å²) in [6.45, 7) is 6.60. The first kappa shape index (κ1) is 16.5. The highest BCUT2D eigenvalue weighted by Crippen LogP contribution is 1.86. The number of rotatable bonds is 6. The number of Topliss-reactive ketones (excluding diaryl/α,β-unsaturated/α-hetero) is 1. The van der Waals surface area contributed by atoms with E-state index in [0.29, 0.717) is 19.8 Å². The Balaban J connectivity index is 0. The predicted molar refractivity (Wildman–Crippen MR) is 55.5 cm³/mol. The first-order valence-corrected chi connectivity index (χ1v) is 4.92. The summed E-state index contributed by atoms with van der Waals surface area (Å²) < 4.78 is 9.23. The SMILES string of the molecule is CCOC(=O)CC(C)=O.CCOCCO. The molecule has 0 rings (SSSR count). The van der Waals surface area contributed by atoms with E-state index in [4.69, 9.17) is 9.84 Å². The summed E-state index contributed by atoms with van der Waals surface area (Å²) in [6.07, 6.45) is -0.103. The third-order valence-corrected chi connectivity index (χ3v) is 1.14. The van der Waals surface area contributed by atoms with Crippen LogP contribution < -0.4 is 0 Å². The van der Waals surface area contributed by atoms with Crippen molar-refractivity contribution in [3.8, 4) is 0 Å². The van der Waals surface area contributed by atoms with E-state index in [1.807, 2.05) is 6.92 Å². The van der Waals surface area contributed by atoms with Crippen molar-refractivity contribution in [1.82, 2.24) is 0 Å². The van der Waals surface area contributed by atoms with Gasteiger partial charge in [-0.05, 0) is 20.8 Å². The normalized spacial score (nSPS) is 8.80. The van der Waals surface area contributed by atoms with Gasteiger partial charge in [0.25, 0.3) is 0 Å². The number of aliphatic hydroxyl groups is 1. The molecule has 0 fully saturated rings. The van der Waals surface area contributed by atoms with E-state index < -0.39 is 5.97 Å². The van der Waals surface area contributed by atoms with Crippen molar-refractivity contribution in [2.75, 3.05) is 26.4 Å². The summed E-state index contributed by atoms with van der Waals surface area (Å²) in [4.78, 5) is 20.6. The molecule has 1 N–H and O–H groups in total. The van der Waals surface area contributed by atoms with Crippen molar-refractivity contribution in [3.05, 3.63) is 0 Å². The van der Waals surface area contributed by atoms with Gasteiger partial charge in [-0.15, -0.1) is 0 Å². The Bertz CT molecular complexity index is 163. The molecule has 0 radical (unpaired) electrons. The minimum atomic E-state index is -0.440. The van der Waals surface area contributed by atoms with Gasteiger partial charge in [-0.1, -0.05) is 0 Å². The monoisotopic (exact) mass is 220 g/mol. The molecular formula is C10H20O5. The Labute approximate surface area is 90.4 Å². The molecule has 0 bridgehead atoms. The minimum absolute atomic E-state index is 0.103. The van der Waals surface area contributed by atoms with Crippen LogP contribution in [0, 0.1) is 0 Å². The summed E-state index contributed by atoms with van der Waals surface area (Å²) in [7, 11) is 0. The lowest BCUT2D eigenvalue weighted by Crippen LogP contribution is -2.07. The Hall–Kier alpha value is -0.940. The van der Waals surface area contributed by atoms with Crippen LogP contribution in [0.3, 0.4) is 0 Å². The van der Waals surface area contributed by atoms with Gasteiger partial charge in [-0.3, -0.25) is 9.59 Å². The third kappa shape index (κ3) is 19.5. The fourth-order valence-corrected chi connectivity index (χ4v) is 0.624. The van der Waals surface area contributed by atoms with E-state index >= 15 is 0 Å². The summed E-state index contributed by atoms with van der Waals surface area (Å²) in [5.41, 5.74) is 0. The minimum Gasteiger partial charge on any atom is -0.466 e.